The van der Waals surface area contributed by atoms with Crippen molar-refractivity contribution < 1.29 is 4.79 Å². The number of carbonyl (C=O) groups is 1. The van der Waals surface area contributed by atoms with E-state index in [0.717, 1.165) is 25.8 Å². The first kappa shape index (κ1) is 15.4. The van der Waals surface area contributed by atoms with E-state index in [4.69, 9.17) is 5.73 Å². The Morgan fingerprint density at radius 3 is 2.56 bits per heavy atom. The number of carbonyl (C=O) groups excluding carboxylic acids is 1. The number of amides is 1. The molecule has 0 bridgehead atoms. The molecule has 1 saturated carbocycles. The molecule has 4 nitrogen and oxygen atoms in total. The molecule has 1 aliphatic rings. The van der Waals surface area contributed by atoms with E-state index in [1.165, 1.54) is 0 Å². The van der Waals surface area contributed by atoms with Crippen molar-refractivity contribution in [1.29, 1.82) is 0 Å². The van der Waals surface area contributed by atoms with Gasteiger partial charge in [-0.2, -0.15) is 0 Å². The molecule has 106 valence electrons. The summed E-state index contributed by atoms with van der Waals surface area (Å²) in [6.07, 6.45) is 3.25. The van der Waals surface area contributed by atoms with Crippen LogP contribution in [0.25, 0.3) is 0 Å². The largest absolute Gasteiger partial charge is 0.352 e. The highest BCUT2D eigenvalue weighted by atomic mass is 16.2. The predicted molar refractivity (Wildman–Crippen MR) is 75.2 cm³/mol. The second-order valence-corrected chi connectivity index (χ2v) is 6.15. The lowest BCUT2D eigenvalue weighted by Gasteiger charge is -2.28. The van der Waals surface area contributed by atoms with Crippen molar-refractivity contribution in [3.8, 4) is 0 Å². The zero-order valence-electron chi connectivity index (χ0n) is 12.3. The SMILES string of the molecule is CC(C)C(CN(C)C)NC(=O)C1CCCC1CN. The summed E-state index contributed by atoms with van der Waals surface area (Å²) in [6.45, 7) is 5.84. The van der Waals surface area contributed by atoms with Gasteiger partial charge in [-0.3, -0.25) is 4.79 Å². The summed E-state index contributed by atoms with van der Waals surface area (Å²) in [5, 5.41) is 3.22. The van der Waals surface area contributed by atoms with Crippen LogP contribution in [-0.4, -0.2) is 44.0 Å². The minimum atomic E-state index is 0.137. The minimum absolute atomic E-state index is 0.137. The van der Waals surface area contributed by atoms with Gasteiger partial charge < -0.3 is 16.0 Å². The maximum absolute atomic E-state index is 12.3. The van der Waals surface area contributed by atoms with Crippen LogP contribution in [0.4, 0.5) is 0 Å². The van der Waals surface area contributed by atoms with Crippen LogP contribution >= 0.6 is 0 Å². The number of nitrogens with zero attached hydrogens (tertiary/aromatic N) is 1. The van der Waals surface area contributed by atoms with Crippen LogP contribution in [0.5, 0.6) is 0 Å². The highest BCUT2D eigenvalue weighted by molar-refractivity contribution is 5.79. The Kier molecular flexibility index (Phi) is 6.09. The molecule has 0 saturated heterocycles. The van der Waals surface area contributed by atoms with Crippen LogP contribution in [0, 0.1) is 17.8 Å². The Morgan fingerprint density at radius 1 is 1.39 bits per heavy atom. The molecule has 1 aliphatic carbocycles. The van der Waals surface area contributed by atoms with Gasteiger partial charge in [-0.1, -0.05) is 20.3 Å². The van der Waals surface area contributed by atoms with Crippen molar-refractivity contribution in [2.24, 2.45) is 23.5 Å². The van der Waals surface area contributed by atoms with Gasteiger partial charge in [0.25, 0.3) is 0 Å². The van der Waals surface area contributed by atoms with Gasteiger partial charge in [-0.05, 0) is 45.3 Å². The standard InChI is InChI=1S/C14H29N3O/c1-10(2)13(9-17(3)4)16-14(18)12-7-5-6-11(12)8-15/h10-13H,5-9,15H2,1-4H3,(H,16,18). The van der Waals surface area contributed by atoms with Gasteiger partial charge in [-0.25, -0.2) is 0 Å². The molecule has 1 amide bonds. The smallest absolute Gasteiger partial charge is 0.223 e. The summed E-state index contributed by atoms with van der Waals surface area (Å²) in [4.78, 5) is 14.5. The third-order valence-electron chi connectivity index (χ3n) is 3.99. The predicted octanol–water partition coefficient (Wildman–Crippen LogP) is 1.06. The first-order chi connectivity index (χ1) is 8.45. The topological polar surface area (TPSA) is 58.4 Å². The first-order valence-corrected chi connectivity index (χ1v) is 7.10. The van der Waals surface area contributed by atoms with Crippen molar-refractivity contribution in [2.45, 2.75) is 39.2 Å². The third-order valence-corrected chi connectivity index (χ3v) is 3.99. The quantitative estimate of drug-likeness (QED) is 0.746. The van der Waals surface area contributed by atoms with E-state index in [1.54, 1.807) is 0 Å². The monoisotopic (exact) mass is 255 g/mol. The lowest BCUT2D eigenvalue weighted by Crippen LogP contribution is -2.48. The van der Waals surface area contributed by atoms with Crippen molar-refractivity contribution in [3.63, 3.8) is 0 Å². The Balaban J connectivity index is 2.55. The highest BCUT2D eigenvalue weighted by Gasteiger charge is 2.33. The first-order valence-electron chi connectivity index (χ1n) is 7.10. The van der Waals surface area contributed by atoms with Gasteiger partial charge in [0.05, 0.1) is 0 Å². The molecule has 1 fully saturated rings. The molecule has 18 heavy (non-hydrogen) atoms. The van der Waals surface area contributed by atoms with Gasteiger partial charge >= 0.3 is 0 Å². The fourth-order valence-corrected chi connectivity index (χ4v) is 2.77. The molecule has 0 spiro atoms. The summed E-state index contributed by atoms with van der Waals surface area (Å²) in [5.74, 6) is 1.19. The molecule has 3 unspecified atom stereocenters. The van der Waals surface area contributed by atoms with Crippen LogP contribution in [0.1, 0.15) is 33.1 Å². The molecule has 0 aromatic heterocycles. The van der Waals surface area contributed by atoms with E-state index in [-0.39, 0.29) is 17.9 Å². The van der Waals surface area contributed by atoms with Crippen molar-refractivity contribution >= 4 is 5.91 Å². The summed E-state index contributed by atoms with van der Waals surface area (Å²) in [7, 11) is 4.08. The Bertz CT molecular complexity index is 266. The van der Waals surface area contributed by atoms with Gasteiger partial charge in [-0.15, -0.1) is 0 Å². The zero-order valence-corrected chi connectivity index (χ0v) is 12.3. The van der Waals surface area contributed by atoms with Crippen LogP contribution in [-0.2, 0) is 4.79 Å². The van der Waals surface area contributed by atoms with Gasteiger partial charge in [0.15, 0.2) is 0 Å². The molecule has 0 aromatic carbocycles. The van der Waals surface area contributed by atoms with Crippen LogP contribution in [0.2, 0.25) is 0 Å². The van der Waals surface area contributed by atoms with Gasteiger partial charge in [0, 0.05) is 18.5 Å². The molecule has 1 rings (SSSR count). The van der Waals surface area contributed by atoms with Crippen molar-refractivity contribution in [3.05, 3.63) is 0 Å². The molecule has 0 heterocycles. The molecular weight excluding hydrogens is 226 g/mol. The fourth-order valence-electron chi connectivity index (χ4n) is 2.77. The minimum Gasteiger partial charge on any atom is -0.352 e. The number of hydrogen-bond donors (Lipinski definition) is 2. The highest BCUT2D eigenvalue weighted by Crippen LogP contribution is 2.31. The third kappa shape index (κ3) is 4.25. The molecule has 3 N–H and O–H groups in total. The van der Waals surface area contributed by atoms with E-state index in [1.807, 2.05) is 14.1 Å². The van der Waals surface area contributed by atoms with E-state index < -0.39 is 0 Å². The Labute approximate surface area is 111 Å². The second kappa shape index (κ2) is 7.10. The van der Waals surface area contributed by atoms with Gasteiger partial charge in [0.1, 0.15) is 0 Å². The average Bonchev–Trinajstić information content (AvgIpc) is 2.75. The maximum Gasteiger partial charge on any atom is 0.223 e. The number of nitrogens with two attached hydrogens (primary N) is 1. The molecule has 0 aromatic rings. The lowest BCUT2D eigenvalue weighted by molar-refractivity contribution is -0.127. The normalized spacial score (nSPS) is 25.7. The molecule has 0 radical (unpaired) electrons. The number of nitrogens with one attached hydrogen (secondary N) is 1. The molecule has 4 heteroatoms. The Hall–Kier alpha value is -0.610. The molecule has 0 aliphatic heterocycles. The number of rotatable bonds is 6. The number of likely N-dealkylation sites (N-methyl/N-ethyl adjacent to an activating group) is 1. The Morgan fingerprint density at radius 2 is 2.06 bits per heavy atom. The summed E-state index contributed by atoms with van der Waals surface area (Å²) >= 11 is 0. The summed E-state index contributed by atoms with van der Waals surface area (Å²) in [5.41, 5.74) is 5.75. The van der Waals surface area contributed by atoms with E-state index >= 15 is 0 Å². The molecular formula is C14H29N3O. The van der Waals surface area contributed by atoms with Crippen LogP contribution < -0.4 is 11.1 Å². The number of hydrogen-bond acceptors (Lipinski definition) is 3. The zero-order chi connectivity index (χ0) is 13.7. The van der Waals surface area contributed by atoms with Crippen molar-refractivity contribution in [1.82, 2.24) is 10.2 Å². The lowest BCUT2D eigenvalue weighted by atomic mass is 9.94. The van der Waals surface area contributed by atoms with E-state index in [9.17, 15) is 4.79 Å². The van der Waals surface area contributed by atoms with Crippen LogP contribution in [0.3, 0.4) is 0 Å². The summed E-state index contributed by atoms with van der Waals surface area (Å²) < 4.78 is 0. The summed E-state index contributed by atoms with van der Waals surface area (Å²) in [6, 6.07) is 0.228. The van der Waals surface area contributed by atoms with E-state index in [2.05, 4.69) is 24.1 Å². The van der Waals surface area contributed by atoms with E-state index in [0.29, 0.717) is 18.4 Å². The van der Waals surface area contributed by atoms with Crippen LogP contribution in [0.15, 0.2) is 0 Å². The second-order valence-electron chi connectivity index (χ2n) is 6.15. The van der Waals surface area contributed by atoms with Crippen molar-refractivity contribution in [2.75, 3.05) is 27.2 Å². The average molecular weight is 255 g/mol. The fraction of sp³-hybridized carbons (Fsp3) is 0.929. The van der Waals surface area contributed by atoms with Gasteiger partial charge in [0.2, 0.25) is 5.91 Å². The maximum atomic E-state index is 12.3. The molecule has 3 atom stereocenters.